The number of hydrogen-bond acceptors (Lipinski definition) is 3. The molecule has 2 heterocycles. The van der Waals surface area contributed by atoms with Crippen LogP contribution in [0.1, 0.15) is 39.0 Å². The first-order valence-electron chi connectivity index (χ1n) is 7.43. The Morgan fingerprint density at radius 1 is 1.21 bits per heavy atom. The van der Waals surface area contributed by atoms with Gasteiger partial charge in [0.05, 0.1) is 11.6 Å². The minimum atomic E-state index is 0.798. The Labute approximate surface area is 114 Å². The van der Waals surface area contributed by atoms with E-state index in [0.29, 0.717) is 0 Å². The van der Waals surface area contributed by atoms with E-state index in [0.717, 1.165) is 35.2 Å². The van der Waals surface area contributed by atoms with Crippen molar-refractivity contribution in [2.45, 2.75) is 39.0 Å². The number of nitrogens with zero attached hydrogens (tertiary/aromatic N) is 1. The van der Waals surface area contributed by atoms with Gasteiger partial charge in [-0.1, -0.05) is 26.2 Å². The number of hydrogen-bond donors (Lipinski definition) is 1. The average Bonchev–Trinajstić information content (AvgIpc) is 2.94. The number of anilines is 1. The first-order valence-corrected chi connectivity index (χ1v) is 7.43. The Kier molecular flexibility index (Phi) is 3.72. The molecule has 1 N–H and O–H groups in total. The highest BCUT2D eigenvalue weighted by Gasteiger charge is 2.20. The molecule has 2 aromatic rings. The zero-order chi connectivity index (χ0) is 13.1. The minimum absolute atomic E-state index is 0.798. The number of fused-ring (bicyclic) bond motifs is 1. The van der Waals surface area contributed by atoms with Crippen molar-refractivity contribution >= 4 is 16.8 Å². The van der Waals surface area contributed by atoms with Gasteiger partial charge < -0.3 is 9.73 Å². The van der Waals surface area contributed by atoms with Crippen LogP contribution in [0.15, 0.2) is 29.0 Å². The van der Waals surface area contributed by atoms with Crippen molar-refractivity contribution in [3.8, 4) is 0 Å². The molecule has 1 fully saturated rings. The highest BCUT2D eigenvalue weighted by molar-refractivity contribution is 5.87. The highest BCUT2D eigenvalue weighted by Crippen LogP contribution is 2.31. The molecule has 0 spiro atoms. The van der Waals surface area contributed by atoms with Gasteiger partial charge in [0.25, 0.3) is 0 Å². The molecular weight excluding hydrogens is 236 g/mol. The summed E-state index contributed by atoms with van der Waals surface area (Å²) in [6.45, 7) is 3.35. The third kappa shape index (κ3) is 2.75. The number of rotatable bonds is 4. The fourth-order valence-corrected chi connectivity index (χ4v) is 3.12. The van der Waals surface area contributed by atoms with Gasteiger partial charge in [0, 0.05) is 12.7 Å². The molecule has 102 valence electrons. The molecule has 1 aliphatic rings. The van der Waals surface area contributed by atoms with Gasteiger partial charge in [-0.2, -0.15) is 0 Å². The third-order valence-corrected chi connectivity index (χ3v) is 4.48. The van der Waals surface area contributed by atoms with Crippen LogP contribution in [-0.4, -0.2) is 11.5 Å². The van der Waals surface area contributed by atoms with E-state index in [1.807, 2.05) is 18.3 Å². The van der Waals surface area contributed by atoms with Crippen LogP contribution in [0.4, 0.5) is 5.82 Å². The molecule has 3 nitrogen and oxygen atoms in total. The maximum absolute atomic E-state index is 5.40. The summed E-state index contributed by atoms with van der Waals surface area (Å²) in [5.74, 6) is 2.72. The van der Waals surface area contributed by atoms with Crippen LogP contribution >= 0.6 is 0 Å². The number of aromatic nitrogens is 1. The molecular formula is C16H22N2O. The first-order chi connectivity index (χ1) is 9.36. The highest BCUT2D eigenvalue weighted by atomic mass is 16.3. The van der Waals surface area contributed by atoms with Crippen LogP contribution in [-0.2, 0) is 0 Å². The van der Waals surface area contributed by atoms with Gasteiger partial charge in [0.1, 0.15) is 11.4 Å². The first kappa shape index (κ1) is 12.5. The molecule has 0 unspecified atom stereocenters. The average molecular weight is 258 g/mol. The van der Waals surface area contributed by atoms with Crippen LogP contribution in [0, 0.1) is 11.8 Å². The summed E-state index contributed by atoms with van der Waals surface area (Å²) in [6, 6.07) is 3.89. The van der Waals surface area contributed by atoms with Gasteiger partial charge in [-0.05, 0) is 36.8 Å². The van der Waals surface area contributed by atoms with Crippen molar-refractivity contribution in [1.82, 2.24) is 4.98 Å². The summed E-state index contributed by atoms with van der Waals surface area (Å²) < 4.78 is 5.40. The van der Waals surface area contributed by atoms with Crippen LogP contribution in [0.25, 0.3) is 11.0 Å². The van der Waals surface area contributed by atoms with E-state index in [1.54, 1.807) is 6.26 Å². The Balaban J connectivity index is 1.59. The van der Waals surface area contributed by atoms with Gasteiger partial charge in [-0.15, -0.1) is 0 Å². The van der Waals surface area contributed by atoms with E-state index in [-0.39, 0.29) is 0 Å². The van der Waals surface area contributed by atoms with E-state index in [2.05, 4.69) is 17.2 Å². The molecule has 0 saturated heterocycles. The van der Waals surface area contributed by atoms with Gasteiger partial charge in [-0.25, -0.2) is 4.98 Å². The Morgan fingerprint density at radius 2 is 2.00 bits per heavy atom. The van der Waals surface area contributed by atoms with Crippen molar-refractivity contribution < 1.29 is 4.42 Å². The van der Waals surface area contributed by atoms with Gasteiger partial charge in [0.2, 0.25) is 0 Å². The second-order valence-corrected chi connectivity index (χ2v) is 5.67. The fourth-order valence-electron chi connectivity index (χ4n) is 3.12. The summed E-state index contributed by atoms with van der Waals surface area (Å²) in [5, 5.41) is 4.59. The quantitative estimate of drug-likeness (QED) is 0.880. The molecule has 0 amide bonds. The second-order valence-electron chi connectivity index (χ2n) is 5.67. The van der Waals surface area contributed by atoms with E-state index < -0.39 is 0 Å². The van der Waals surface area contributed by atoms with E-state index >= 15 is 0 Å². The summed E-state index contributed by atoms with van der Waals surface area (Å²) in [5.41, 5.74) is 0.909. The second kappa shape index (κ2) is 5.64. The largest absolute Gasteiger partial charge is 0.464 e. The Bertz CT molecular complexity index is 526. The van der Waals surface area contributed by atoms with Gasteiger partial charge >= 0.3 is 0 Å². The van der Waals surface area contributed by atoms with Crippen molar-refractivity contribution in [3.63, 3.8) is 0 Å². The van der Waals surface area contributed by atoms with Gasteiger partial charge in [-0.3, -0.25) is 0 Å². The van der Waals surface area contributed by atoms with Crippen molar-refractivity contribution in [2.24, 2.45) is 11.8 Å². The van der Waals surface area contributed by atoms with Crippen molar-refractivity contribution in [3.05, 3.63) is 24.6 Å². The van der Waals surface area contributed by atoms with E-state index in [1.165, 1.54) is 32.1 Å². The molecule has 3 rings (SSSR count). The molecule has 19 heavy (non-hydrogen) atoms. The molecule has 1 saturated carbocycles. The van der Waals surface area contributed by atoms with Crippen molar-refractivity contribution in [1.29, 1.82) is 0 Å². The summed E-state index contributed by atoms with van der Waals surface area (Å²) in [7, 11) is 0. The third-order valence-electron chi connectivity index (χ3n) is 4.48. The Morgan fingerprint density at radius 3 is 2.79 bits per heavy atom. The van der Waals surface area contributed by atoms with Crippen LogP contribution in [0.3, 0.4) is 0 Å². The maximum Gasteiger partial charge on any atom is 0.139 e. The molecule has 2 aromatic heterocycles. The van der Waals surface area contributed by atoms with Crippen LogP contribution < -0.4 is 5.32 Å². The SMILES string of the molecule is CCC1CCC(CNc2nccc3occc23)CC1. The lowest BCUT2D eigenvalue weighted by atomic mass is 9.81. The fraction of sp³-hybridized carbons (Fsp3) is 0.562. The van der Waals surface area contributed by atoms with Gasteiger partial charge in [0.15, 0.2) is 0 Å². The zero-order valence-electron chi connectivity index (χ0n) is 11.6. The topological polar surface area (TPSA) is 38.1 Å². The maximum atomic E-state index is 5.40. The summed E-state index contributed by atoms with van der Waals surface area (Å²) >= 11 is 0. The molecule has 1 aliphatic carbocycles. The summed E-state index contributed by atoms with van der Waals surface area (Å²) in [6.07, 6.45) is 10.4. The molecule has 0 radical (unpaired) electrons. The molecule has 0 aliphatic heterocycles. The molecule has 0 aromatic carbocycles. The lowest BCUT2D eigenvalue weighted by molar-refractivity contribution is 0.278. The number of pyridine rings is 1. The van der Waals surface area contributed by atoms with E-state index in [4.69, 9.17) is 4.42 Å². The number of nitrogens with one attached hydrogen (secondary N) is 1. The normalized spacial score (nSPS) is 23.6. The predicted octanol–water partition coefficient (Wildman–Crippen LogP) is 4.46. The Hall–Kier alpha value is -1.51. The monoisotopic (exact) mass is 258 g/mol. The minimum Gasteiger partial charge on any atom is -0.464 e. The molecule has 0 atom stereocenters. The molecule has 3 heteroatoms. The number of furan rings is 1. The zero-order valence-corrected chi connectivity index (χ0v) is 11.6. The standard InChI is InChI=1S/C16H22N2O/c1-2-12-3-5-13(6-4-12)11-18-16-14-8-10-19-15(14)7-9-17-16/h7-10,12-13H,2-6,11H2,1H3,(H,17,18). The smallest absolute Gasteiger partial charge is 0.139 e. The van der Waals surface area contributed by atoms with Crippen molar-refractivity contribution in [2.75, 3.05) is 11.9 Å². The summed E-state index contributed by atoms with van der Waals surface area (Å²) in [4.78, 5) is 4.42. The predicted molar refractivity (Wildman–Crippen MR) is 78.2 cm³/mol. The lowest BCUT2D eigenvalue weighted by Gasteiger charge is -2.28. The molecule has 0 bridgehead atoms. The van der Waals surface area contributed by atoms with E-state index in [9.17, 15) is 0 Å². The van der Waals surface area contributed by atoms with Crippen LogP contribution in [0.2, 0.25) is 0 Å². The van der Waals surface area contributed by atoms with Crippen LogP contribution in [0.5, 0.6) is 0 Å². The lowest BCUT2D eigenvalue weighted by Crippen LogP contribution is -2.21.